The molecule has 37 heavy (non-hydrogen) atoms. The summed E-state index contributed by atoms with van der Waals surface area (Å²) in [5, 5.41) is 13.4. The summed E-state index contributed by atoms with van der Waals surface area (Å²) in [5.41, 5.74) is 0.545. The lowest BCUT2D eigenvalue weighted by atomic mass is 10.0. The number of nitrogens with zero attached hydrogens (tertiary/aromatic N) is 3. The zero-order chi connectivity index (χ0) is 26.8. The second-order valence-corrected chi connectivity index (χ2v) is 10.3. The fourth-order valence-electron chi connectivity index (χ4n) is 3.92. The van der Waals surface area contributed by atoms with Gasteiger partial charge in [-0.1, -0.05) is 12.1 Å². The van der Waals surface area contributed by atoms with E-state index in [0.29, 0.717) is 17.3 Å². The number of carbonyl (C=O) groups is 1. The predicted molar refractivity (Wildman–Crippen MR) is 127 cm³/mol. The zero-order valence-corrected chi connectivity index (χ0v) is 20.3. The molecule has 4 rings (SSSR count). The van der Waals surface area contributed by atoms with E-state index in [0.717, 1.165) is 16.4 Å². The van der Waals surface area contributed by atoms with Gasteiger partial charge in [0.2, 0.25) is 10.0 Å². The van der Waals surface area contributed by atoms with Crippen molar-refractivity contribution in [2.75, 3.05) is 25.5 Å². The summed E-state index contributed by atoms with van der Waals surface area (Å²) in [7, 11) is -2.67. The number of sulfonamides is 1. The van der Waals surface area contributed by atoms with E-state index in [1.807, 2.05) is 0 Å². The van der Waals surface area contributed by atoms with Gasteiger partial charge in [0.25, 0.3) is 0 Å². The molecule has 0 radical (unpaired) electrons. The van der Waals surface area contributed by atoms with Crippen LogP contribution in [0.4, 0.5) is 19.0 Å². The van der Waals surface area contributed by atoms with Crippen molar-refractivity contribution in [3.63, 3.8) is 0 Å². The highest BCUT2D eigenvalue weighted by molar-refractivity contribution is 7.89. The normalized spacial score (nSPS) is 18.8. The van der Waals surface area contributed by atoms with Crippen LogP contribution < -0.4 is 5.32 Å². The van der Waals surface area contributed by atoms with Gasteiger partial charge >= 0.3 is 12.1 Å². The Hall–Kier alpha value is -3.55. The van der Waals surface area contributed by atoms with Gasteiger partial charge in [-0.2, -0.15) is 17.5 Å². The lowest BCUT2D eigenvalue weighted by Crippen LogP contribution is -2.51. The molecule has 9 nitrogen and oxygen atoms in total. The number of esters is 1. The molecule has 0 amide bonds. The number of benzene rings is 1. The van der Waals surface area contributed by atoms with Crippen LogP contribution in [0.3, 0.4) is 0 Å². The number of halogens is 3. The van der Waals surface area contributed by atoms with Gasteiger partial charge in [0.1, 0.15) is 11.5 Å². The molecule has 0 aliphatic carbocycles. The van der Waals surface area contributed by atoms with Crippen LogP contribution in [0.2, 0.25) is 0 Å². The van der Waals surface area contributed by atoms with Gasteiger partial charge < -0.3 is 15.2 Å². The topological polar surface area (TPSA) is 122 Å². The molecule has 3 heterocycles. The summed E-state index contributed by atoms with van der Waals surface area (Å²) in [4.78, 5) is 19.4. The van der Waals surface area contributed by atoms with Gasteiger partial charge in [-0.15, -0.1) is 0 Å². The molecular weight excluding hydrogens is 513 g/mol. The zero-order valence-electron chi connectivity index (χ0n) is 19.5. The number of aliphatic hydroxyl groups excluding tert-OH is 1. The fraction of sp³-hybridized carbons (Fsp3) is 0.292. The van der Waals surface area contributed by atoms with Gasteiger partial charge in [-0.25, -0.2) is 23.2 Å². The largest absolute Gasteiger partial charge is 0.464 e. The van der Waals surface area contributed by atoms with Gasteiger partial charge in [0, 0.05) is 25.5 Å². The van der Waals surface area contributed by atoms with Crippen molar-refractivity contribution in [1.82, 2.24) is 14.3 Å². The average molecular weight is 537 g/mol. The number of hydrogen-bond donors (Lipinski definition) is 2. The Morgan fingerprint density at radius 3 is 2.43 bits per heavy atom. The number of alkyl halides is 3. The molecule has 0 bridgehead atoms. The number of ether oxygens (including phenoxy) is 1. The molecule has 1 aliphatic rings. The molecule has 1 aliphatic heterocycles. The molecule has 2 N–H and O–H groups in total. The lowest BCUT2D eigenvalue weighted by molar-refractivity contribution is -0.137. The Bertz CT molecular complexity index is 1370. The molecule has 2 aromatic heterocycles. The molecule has 0 saturated carbocycles. The smallest absolute Gasteiger partial charge is 0.417 e. The number of pyridine rings is 2. The standard InChI is InChI=1S/C24H23F3N4O5S/c1-36-23(33)20-12-16(8-10-28-20)15-2-5-18(6-3-15)37(34,35)31-11-9-19(21(32)14-31)30-22-7-4-17(13-29-22)24(25,26)27/h2-8,10,12-13,19,21,32H,9,11,14H2,1H3,(H,29,30)/t19-,21+/m1/s1. The molecule has 0 spiro atoms. The molecule has 0 unspecified atom stereocenters. The Morgan fingerprint density at radius 1 is 1.11 bits per heavy atom. The molecule has 13 heteroatoms. The van der Waals surface area contributed by atoms with Crippen LogP contribution >= 0.6 is 0 Å². The Morgan fingerprint density at radius 2 is 1.84 bits per heavy atom. The van der Waals surface area contributed by atoms with E-state index < -0.39 is 39.9 Å². The van der Waals surface area contributed by atoms with Crippen molar-refractivity contribution in [1.29, 1.82) is 0 Å². The number of aromatic nitrogens is 2. The maximum absolute atomic E-state index is 13.2. The van der Waals surface area contributed by atoms with E-state index in [9.17, 15) is 31.5 Å². The first kappa shape index (κ1) is 26.5. The molecule has 2 atom stereocenters. The molecule has 196 valence electrons. The van der Waals surface area contributed by atoms with Gasteiger partial charge in [0.05, 0.1) is 29.7 Å². The summed E-state index contributed by atoms with van der Waals surface area (Å²) in [6.07, 6.45) is -3.26. The third-order valence-corrected chi connectivity index (χ3v) is 7.83. The van der Waals surface area contributed by atoms with Crippen molar-refractivity contribution in [2.45, 2.75) is 29.6 Å². The SMILES string of the molecule is COC(=O)c1cc(-c2ccc(S(=O)(=O)N3CC[C@@H](Nc4ccc(C(F)(F)F)cn4)[C@@H](O)C3)cc2)ccn1. The Kier molecular flexibility index (Phi) is 7.48. The van der Waals surface area contributed by atoms with E-state index >= 15 is 0 Å². The quantitative estimate of drug-likeness (QED) is 0.461. The number of aliphatic hydroxyl groups is 1. The van der Waals surface area contributed by atoms with E-state index in [1.165, 1.54) is 31.5 Å². The second kappa shape index (κ2) is 10.4. The number of carbonyl (C=O) groups excluding carboxylic acids is 1. The van der Waals surface area contributed by atoms with Crippen molar-refractivity contribution < 1.29 is 36.2 Å². The van der Waals surface area contributed by atoms with Gasteiger partial charge in [-0.05, 0) is 53.9 Å². The Labute approximate surface area is 211 Å². The first-order valence-corrected chi connectivity index (χ1v) is 12.6. The third kappa shape index (κ3) is 5.89. The number of hydrogen-bond acceptors (Lipinski definition) is 8. The van der Waals surface area contributed by atoms with E-state index in [1.54, 1.807) is 18.2 Å². The predicted octanol–water partition coefficient (Wildman–Crippen LogP) is 3.19. The molecule has 1 fully saturated rings. The number of anilines is 1. The summed E-state index contributed by atoms with van der Waals surface area (Å²) in [6, 6.07) is 10.7. The summed E-state index contributed by atoms with van der Waals surface area (Å²) in [6.45, 7) is -0.110. The van der Waals surface area contributed by atoms with E-state index in [4.69, 9.17) is 0 Å². The summed E-state index contributed by atoms with van der Waals surface area (Å²) >= 11 is 0. The number of methoxy groups -OCH3 is 1. The number of β-amino-alcohol motifs (C(OH)–C–C–N with tert-alkyl or cyclic N) is 1. The maximum Gasteiger partial charge on any atom is 0.417 e. The highest BCUT2D eigenvalue weighted by atomic mass is 32.2. The van der Waals surface area contributed by atoms with Crippen molar-refractivity contribution in [2.24, 2.45) is 0 Å². The third-order valence-electron chi connectivity index (χ3n) is 5.95. The van der Waals surface area contributed by atoms with Crippen LogP contribution in [0.5, 0.6) is 0 Å². The summed E-state index contributed by atoms with van der Waals surface area (Å²) in [5.74, 6) is -0.443. The van der Waals surface area contributed by atoms with Gasteiger partial charge in [-0.3, -0.25) is 0 Å². The minimum Gasteiger partial charge on any atom is -0.464 e. The highest BCUT2D eigenvalue weighted by Gasteiger charge is 2.35. The molecule has 1 saturated heterocycles. The van der Waals surface area contributed by atoms with Gasteiger partial charge in [0.15, 0.2) is 0 Å². The molecular formula is C24H23F3N4O5S. The maximum atomic E-state index is 13.2. The van der Waals surface area contributed by atoms with E-state index in [2.05, 4.69) is 20.0 Å². The van der Waals surface area contributed by atoms with Crippen molar-refractivity contribution in [3.8, 4) is 11.1 Å². The number of rotatable bonds is 6. The monoisotopic (exact) mass is 536 g/mol. The number of nitrogens with one attached hydrogen (secondary N) is 1. The minimum absolute atomic E-state index is 0.0292. The molecule has 1 aromatic carbocycles. The average Bonchev–Trinajstić information content (AvgIpc) is 2.89. The van der Waals surface area contributed by atoms with Crippen LogP contribution in [-0.2, 0) is 20.9 Å². The fourth-order valence-corrected chi connectivity index (χ4v) is 5.39. The first-order valence-electron chi connectivity index (χ1n) is 11.1. The van der Waals surface area contributed by atoms with Crippen LogP contribution in [0.15, 0.2) is 65.8 Å². The van der Waals surface area contributed by atoms with Crippen molar-refractivity contribution in [3.05, 3.63) is 72.2 Å². The lowest BCUT2D eigenvalue weighted by Gasteiger charge is -2.35. The van der Waals surface area contributed by atoms with E-state index in [-0.39, 0.29) is 35.9 Å². The Balaban J connectivity index is 1.42. The van der Waals surface area contributed by atoms with Crippen LogP contribution in [-0.4, -0.2) is 66.1 Å². The summed E-state index contributed by atoms with van der Waals surface area (Å²) < 4.78 is 70.3. The minimum atomic E-state index is -4.51. The second-order valence-electron chi connectivity index (χ2n) is 8.35. The van der Waals surface area contributed by atoms with Crippen molar-refractivity contribution >= 4 is 21.8 Å². The highest BCUT2D eigenvalue weighted by Crippen LogP contribution is 2.30. The van der Waals surface area contributed by atoms with Crippen LogP contribution in [0, 0.1) is 0 Å². The number of piperidine rings is 1. The van der Waals surface area contributed by atoms with Crippen LogP contribution in [0.25, 0.3) is 11.1 Å². The van der Waals surface area contributed by atoms with Crippen LogP contribution in [0.1, 0.15) is 22.5 Å². The first-order chi connectivity index (χ1) is 17.5. The molecule has 3 aromatic rings.